The standard InChI is InChI=1S/C17H19N3O3S/c1-10-9-24-15(18-10)12-4-3-7-20(8-12)16(21)14-6-5-13(17(22)23)11(2)19-14/h5-6,9,12H,3-4,7-8H2,1-2H3,(H,22,23). The molecule has 0 spiro atoms. The Hall–Kier alpha value is -2.28. The van der Waals surface area contributed by atoms with E-state index >= 15 is 0 Å². The van der Waals surface area contributed by atoms with Crippen LogP contribution >= 0.6 is 11.3 Å². The lowest BCUT2D eigenvalue weighted by Gasteiger charge is -2.31. The first kappa shape index (κ1) is 16.6. The van der Waals surface area contributed by atoms with E-state index in [0.717, 1.165) is 23.5 Å². The Bertz CT molecular complexity index is 787. The fourth-order valence-corrected chi connectivity index (χ4v) is 3.92. The average molecular weight is 345 g/mol. The molecule has 1 N–H and O–H groups in total. The van der Waals surface area contributed by atoms with Crippen LogP contribution in [0, 0.1) is 13.8 Å². The molecule has 0 aromatic carbocycles. The second kappa shape index (κ2) is 6.68. The number of likely N-dealkylation sites (tertiary alicyclic amines) is 1. The molecular formula is C17H19N3O3S. The Labute approximate surface area is 144 Å². The van der Waals surface area contributed by atoms with Crippen LogP contribution in [0.4, 0.5) is 0 Å². The lowest BCUT2D eigenvalue weighted by Crippen LogP contribution is -2.39. The number of rotatable bonds is 3. The summed E-state index contributed by atoms with van der Waals surface area (Å²) in [5.41, 5.74) is 1.80. The Balaban J connectivity index is 1.77. The number of carboxylic acid groups (broad SMARTS) is 1. The third-order valence-corrected chi connectivity index (χ3v) is 5.36. The first-order valence-electron chi connectivity index (χ1n) is 7.88. The topological polar surface area (TPSA) is 83.4 Å². The van der Waals surface area contributed by atoms with Gasteiger partial charge in [-0.1, -0.05) is 0 Å². The van der Waals surface area contributed by atoms with E-state index in [1.807, 2.05) is 12.3 Å². The van der Waals surface area contributed by atoms with Crippen molar-refractivity contribution in [3.8, 4) is 0 Å². The summed E-state index contributed by atoms with van der Waals surface area (Å²) in [6, 6.07) is 2.94. The van der Waals surface area contributed by atoms with Crippen molar-refractivity contribution in [3.05, 3.63) is 45.2 Å². The molecule has 3 heterocycles. The van der Waals surface area contributed by atoms with E-state index in [0.29, 0.717) is 24.5 Å². The predicted molar refractivity (Wildman–Crippen MR) is 90.7 cm³/mol. The molecule has 2 aromatic rings. The maximum Gasteiger partial charge on any atom is 0.337 e. The minimum absolute atomic E-state index is 0.126. The Morgan fingerprint density at radius 3 is 2.71 bits per heavy atom. The molecule has 0 saturated carbocycles. The molecule has 126 valence electrons. The SMILES string of the molecule is Cc1csc(C2CCCN(C(=O)c3ccc(C(=O)O)c(C)n3)C2)n1. The van der Waals surface area contributed by atoms with Gasteiger partial charge in [-0.15, -0.1) is 11.3 Å². The second-order valence-electron chi connectivity index (χ2n) is 6.05. The van der Waals surface area contributed by atoms with Gasteiger partial charge in [-0.25, -0.2) is 14.8 Å². The van der Waals surface area contributed by atoms with Gasteiger partial charge in [0.25, 0.3) is 5.91 Å². The highest BCUT2D eigenvalue weighted by Gasteiger charge is 2.28. The van der Waals surface area contributed by atoms with Crippen LogP contribution in [0.3, 0.4) is 0 Å². The molecule has 1 saturated heterocycles. The van der Waals surface area contributed by atoms with Gasteiger partial charge in [0.1, 0.15) is 5.69 Å². The maximum atomic E-state index is 12.7. The lowest BCUT2D eigenvalue weighted by molar-refractivity contribution is 0.0682. The molecule has 0 aliphatic carbocycles. The predicted octanol–water partition coefficient (Wildman–Crippen LogP) is 2.87. The van der Waals surface area contributed by atoms with Gasteiger partial charge >= 0.3 is 5.97 Å². The van der Waals surface area contributed by atoms with E-state index in [1.54, 1.807) is 23.2 Å². The summed E-state index contributed by atoms with van der Waals surface area (Å²) in [5.74, 6) is -0.912. The summed E-state index contributed by atoms with van der Waals surface area (Å²) in [6.07, 6.45) is 1.96. The van der Waals surface area contributed by atoms with Gasteiger partial charge in [-0.2, -0.15) is 0 Å². The molecule has 1 fully saturated rings. The van der Waals surface area contributed by atoms with Gasteiger partial charge in [0, 0.05) is 30.1 Å². The van der Waals surface area contributed by atoms with Crippen molar-refractivity contribution in [2.75, 3.05) is 13.1 Å². The first-order chi connectivity index (χ1) is 11.5. The van der Waals surface area contributed by atoms with Crippen molar-refractivity contribution in [3.63, 3.8) is 0 Å². The van der Waals surface area contributed by atoms with Crippen LogP contribution < -0.4 is 0 Å². The molecule has 7 heteroatoms. The largest absolute Gasteiger partial charge is 0.478 e. The smallest absolute Gasteiger partial charge is 0.337 e. The fraction of sp³-hybridized carbons (Fsp3) is 0.412. The highest BCUT2D eigenvalue weighted by Crippen LogP contribution is 2.29. The van der Waals surface area contributed by atoms with E-state index < -0.39 is 5.97 Å². The molecule has 0 bridgehead atoms. The Morgan fingerprint density at radius 2 is 2.08 bits per heavy atom. The molecule has 1 atom stereocenters. The van der Waals surface area contributed by atoms with Crippen molar-refractivity contribution < 1.29 is 14.7 Å². The number of aryl methyl sites for hydroxylation is 2. The second-order valence-corrected chi connectivity index (χ2v) is 6.94. The average Bonchev–Trinajstić information content (AvgIpc) is 3.00. The maximum absolute atomic E-state index is 12.7. The molecule has 0 radical (unpaired) electrons. The molecule has 2 aromatic heterocycles. The number of carboxylic acids is 1. The highest BCUT2D eigenvalue weighted by atomic mass is 32.1. The number of carbonyl (C=O) groups is 2. The van der Waals surface area contributed by atoms with Gasteiger partial charge in [0.15, 0.2) is 0 Å². The van der Waals surface area contributed by atoms with Crippen LogP contribution in [-0.2, 0) is 0 Å². The number of carbonyl (C=O) groups excluding carboxylic acids is 1. The summed E-state index contributed by atoms with van der Waals surface area (Å²) in [6.45, 7) is 4.91. The third-order valence-electron chi connectivity index (χ3n) is 4.23. The molecule has 1 aliphatic heterocycles. The number of hydrogen-bond acceptors (Lipinski definition) is 5. The molecule has 1 aliphatic rings. The van der Waals surface area contributed by atoms with Crippen LogP contribution in [0.2, 0.25) is 0 Å². The highest BCUT2D eigenvalue weighted by molar-refractivity contribution is 7.09. The minimum atomic E-state index is -1.03. The first-order valence-corrected chi connectivity index (χ1v) is 8.76. The van der Waals surface area contributed by atoms with E-state index in [4.69, 9.17) is 5.11 Å². The number of nitrogens with zero attached hydrogens (tertiary/aromatic N) is 3. The number of thiazole rings is 1. The van der Waals surface area contributed by atoms with E-state index in [2.05, 4.69) is 9.97 Å². The number of pyridine rings is 1. The number of aromatic nitrogens is 2. The van der Waals surface area contributed by atoms with Crippen molar-refractivity contribution in [2.24, 2.45) is 0 Å². The Kier molecular flexibility index (Phi) is 4.62. The van der Waals surface area contributed by atoms with E-state index in [1.165, 1.54) is 12.1 Å². The summed E-state index contributed by atoms with van der Waals surface area (Å²) in [4.78, 5) is 34.3. The number of hydrogen-bond donors (Lipinski definition) is 1. The van der Waals surface area contributed by atoms with Crippen molar-refractivity contribution in [1.82, 2.24) is 14.9 Å². The van der Waals surface area contributed by atoms with Gasteiger partial charge in [0.2, 0.25) is 0 Å². The van der Waals surface area contributed by atoms with Gasteiger partial charge < -0.3 is 10.0 Å². The zero-order chi connectivity index (χ0) is 17.3. The van der Waals surface area contributed by atoms with Gasteiger partial charge in [-0.3, -0.25) is 4.79 Å². The normalized spacial score (nSPS) is 17.8. The monoisotopic (exact) mass is 345 g/mol. The molecule has 24 heavy (non-hydrogen) atoms. The zero-order valence-corrected chi connectivity index (χ0v) is 14.5. The number of aromatic carboxylic acids is 1. The van der Waals surface area contributed by atoms with Crippen molar-refractivity contribution in [1.29, 1.82) is 0 Å². The molecule has 6 nitrogen and oxygen atoms in total. The van der Waals surface area contributed by atoms with Crippen LogP contribution in [0.25, 0.3) is 0 Å². The summed E-state index contributed by atoms with van der Waals surface area (Å²) < 4.78 is 0. The summed E-state index contributed by atoms with van der Waals surface area (Å²) >= 11 is 1.64. The molecular weight excluding hydrogens is 326 g/mol. The molecule has 1 amide bonds. The van der Waals surface area contributed by atoms with Gasteiger partial charge in [-0.05, 0) is 38.8 Å². The third kappa shape index (κ3) is 3.31. The lowest BCUT2D eigenvalue weighted by atomic mass is 9.98. The van der Waals surface area contributed by atoms with Crippen LogP contribution in [0.5, 0.6) is 0 Å². The Morgan fingerprint density at radius 1 is 1.29 bits per heavy atom. The van der Waals surface area contributed by atoms with Gasteiger partial charge in [0.05, 0.1) is 16.3 Å². The van der Waals surface area contributed by atoms with E-state index in [9.17, 15) is 9.59 Å². The quantitative estimate of drug-likeness (QED) is 0.925. The van der Waals surface area contributed by atoms with Crippen molar-refractivity contribution >= 4 is 23.2 Å². The zero-order valence-electron chi connectivity index (χ0n) is 13.7. The van der Waals surface area contributed by atoms with Crippen LogP contribution in [-0.4, -0.2) is 44.9 Å². The van der Waals surface area contributed by atoms with E-state index in [-0.39, 0.29) is 17.4 Å². The van der Waals surface area contributed by atoms with Crippen LogP contribution in [0.15, 0.2) is 17.5 Å². The molecule has 3 rings (SSSR count). The minimum Gasteiger partial charge on any atom is -0.478 e. The van der Waals surface area contributed by atoms with Crippen LogP contribution in [0.1, 0.15) is 56.0 Å². The fourth-order valence-electron chi connectivity index (χ4n) is 2.99. The van der Waals surface area contributed by atoms with Crippen molar-refractivity contribution in [2.45, 2.75) is 32.6 Å². The number of piperidine rings is 1. The molecule has 1 unspecified atom stereocenters. The number of amides is 1. The summed E-state index contributed by atoms with van der Waals surface area (Å²) in [7, 11) is 0. The summed E-state index contributed by atoms with van der Waals surface area (Å²) in [5, 5.41) is 12.2.